The highest BCUT2D eigenvalue weighted by Crippen LogP contribution is 2.37. The van der Waals surface area contributed by atoms with Crippen molar-refractivity contribution < 1.29 is 14.6 Å². The molecule has 37 heavy (non-hydrogen) atoms. The molecule has 0 bridgehead atoms. The maximum absolute atomic E-state index is 13.1. The van der Waals surface area contributed by atoms with E-state index >= 15 is 0 Å². The third-order valence-corrected chi connectivity index (χ3v) is 7.12. The highest BCUT2D eigenvalue weighted by molar-refractivity contribution is 7.16. The van der Waals surface area contributed by atoms with Crippen LogP contribution in [0.4, 0.5) is 5.00 Å². The van der Waals surface area contributed by atoms with E-state index in [1.807, 2.05) is 12.1 Å². The number of hydrogen-bond acceptors (Lipinski definition) is 7. The van der Waals surface area contributed by atoms with Crippen LogP contribution >= 0.6 is 35.3 Å². The number of nitrogens with two attached hydrogens (primary N) is 2. The van der Waals surface area contributed by atoms with E-state index in [9.17, 15) is 15.2 Å². The summed E-state index contributed by atoms with van der Waals surface area (Å²) in [7, 11) is 0. The van der Waals surface area contributed by atoms with Crippen molar-refractivity contribution in [3.63, 3.8) is 0 Å². The summed E-state index contributed by atoms with van der Waals surface area (Å²) in [5.41, 5.74) is 13.4. The molecule has 194 valence electrons. The number of thiophene rings is 1. The number of benzene rings is 2. The van der Waals surface area contributed by atoms with Crippen LogP contribution in [0.2, 0.25) is 5.02 Å². The van der Waals surface area contributed by atoms with Crippen LogP contribution in [0.15, 0.2) is 47.5 Å². The first kappa shape index (κ1) is 28.1. The van der Waals surface area contributed by atoms with E-state index in [1.165, 1.54) is 11.3 Å². The molecular formula is C25H26Cl2N6O3S. The van der Waals surface area contributed by atoms with Crippen LogP contribution < -0.4 is 21.5 Å². The zero-order valence-electron chi connectivity index (χ0n) is 19.7. The normalized spacial score (nSPS) is 12.5. The molecule has 0 aliphatic carbocycles. The Hall–Kier alpha value is -3.49. The van der Waals surface area contributed by atoms with Crippen LogP contribution in [0.5, 0.6) is 11.5 Å². The number of guanidine groups is 1. The lowest BCUT2D eigenvalue weighted by atomic mass is 10.0. The Morgan fingerprint density at radius 2 is 2.03 bits per heavy atom. The van der Waals surface area contributed by atoms with E-state index in [-0.39, 0.29) is 47.9 Å². The van der Waals surface area contributed by atoms with Gasteiger partial charge in [-0.15, -0.1) is 23.7 Å². The van der Waals surface area contributed by atoms with Crippen molar-refractivity contribution in [2.75, 3.05) is 25.0 Å². The number of hydrogen-bond donors (Lipinski definition) is 4. The minimum absolute atomic E-state index is 0. The fourth-order valence-electron chi connectivity index (χ4n) is 3.93. The molecule has 0 radical (unpaired) electrons. The van der Waals surface area contributed by atoms with Gasteiger partial charge in [0, 0.05) is 24.5 Å². The van der Waals surface area contributed by atoms with Gasteiger partial charge in [-0.25, -0.2) is 0 Å². The van der Waals surface area contributed by atoms with Crippen molar-refractivity contribution in [3.8, 4) is 17.6 Å². The topological polar surface area (TPSA) is 150 Å². The van der Waals surface area contributed by atoms with Gasteiger partial charge in [0.2, 0.25) is 0 Å². The highest BCUT2D eigenvalue weighted by atomic mass is 35.5. The molecule has 6 N–H and O–H groups in total. The second kappa shape index (κ2) is 12.7. The molecule has 2 aromatic carbocycles. The minimum atomic E-state index is -0.425. The molecule has 0 atom stereocenters. The Labute approximate surface area is 229 Å². The first-order chi connectivity index (χ1) is 17.3. The molecule has 1 aliphatic heterocycles. The number of fused-ring (bicyclic) bond motifs is 1. The third kappa shape index (κ3) is 7.05. The number of phenolic OH excluding ortho intramolecular Hbond substituents is 1. The molecule has 0 spiro atoms. The molecule has 0 saturated carbocycles. The number of nitrogens with zero attached hydrogens (tertiary/aromatic N) is 3. The van der Waals surface area contributed by atoms with Crippen molar-refractivity contribution in [2.45, 2.75) is 19.5 Å². The summed E-state index contributed by atoms with van der Waals surface area (Å²) in [5.74, 6) is 0.238. The standard InChI is InChI=1S/C25H25ClN6O3S.ClH/c26-21-6-5-17(35-10-8-30-25(28)29)11-19(21)23(34)31-24-20(12-27)18-7-9-32(14-22(18)36-24)13-15-1-3-16(33)4-2-15;/h1-6,11,33H,7-10,13-14H2,(H,31,34)(H4,28,29,30);1H. The first-order valence-electron chi connectivity index (χ1n) is 11.2. The number of phenols is 1. The Morgan fingerprint density at radius 3 is 2.73 bits per heavy atom. The van der Waals surface area contributed by atoms with Crippen molar-refractivity contribution in [1.29, 1.82) is 5.26 Å². The molecule has 2 heterocycles. The number of aromatic hydroxyl groups is 1. The Morgan fingerprint density at radius 1 is 1.27 bits per heavy atom. The van der Waals surface area contributed by atoms with E-state index in [2.05, 4.69) is 21.3 Å². The van der Waals surface area contributed by atoms with Gasteiger partial charge < -0.3 is 26.6 Å². The highest BCUT2D eigenvalue weighted by Gasteiger charge is 2.26. The Bertz CT molecular complexity index is 1330. The van der Waals surface area contributed by atoms with Gasteiger partial charge in [-0.05, 0) is 47.9 Å². The number of amides is 1. The fraction of sp³-hybridized carbons (Fsp3) is 0.240. The molecule has 0 unspecified atom stereocenters. The van der Waals surface area contributed by atoms with Gasteiger partial charge in [0.25, 0.3) is 5.91 Å². The molecule has 12 heteroatoms. The van der Waals surface area contributed by atoms with E-state index in [4.69, 9.17) is 27.8 Å². The van der Waals surface area contributed by atoms with Gasteiger partial charge in [-0.1, -0.05) is 23.7 Å². The fourth-order valence-corrected chi connectivity index (χ4v) is 5.37. The smallest absolute Gasteiger partial charge is 0.257 e. The van der Waals surface area contributed by atoms with Gasteiger partial charge in [0.1, 0.15) is 29.2 Å². The largest absolute Gasteiger partial charge is 0.508 e. The predicted molar refractivity (Wildman–Crippen MR) is 148 cm³/mol. The summed E-state index contributed by atoms with van der Waals surface area (Å²) in [6.45, 7) is 2.70. The second-order valence-electron chi connectivity index (χ2n) is 8.20. The molecule has 0 fully saturated rings. The molecular weight excluding hydrogens is 535 g/mol. The van der Waals surface area contributed by atoms with E-state index < -0.39 is 5.91 Å². The van der Waals surface area contributed by atoms with Crippen molar-refractivity contribution in [3.05, 3.63) is 74.6 Å². The zero-order valence-corrected chi connectivity index (χ0v) is 22.1. The molecule has 4 rings (SSSR count). The summed E-state index contributed by atoms with van der Waals surface area (Å²) in [6, 6.07) is 14.2. The summed E-state index contributed by atoms with van der Waals surface area (Å²) in [5, 5.41) is 23.0. The van der Waals surface area contributed by atoms with Gasteiger partial charge in [-0.3, -0.25) is 14.7 Å². The number of ether oxygens (including phenoxy) is 1. The maximum Gasteiger partial charge on any atom is 0.257 e. The van der Waals surface area contributed by atoms with Crippen LogP contribution in [0.25, 0.3) is 0 Å². The number of carbonyl (C=O) groups is 1. The van der Waals surface area contributed by atoms with E-state index in [0.29, 0.717) is 29.3 Å². The second-order valence-corrected chi connectivity index (χ2v) is 9.71. The van der Waals surface area contributed by atoms with Gasteiger partial charge >= 0.3 is 0 Å². The van der Waals surface area contributed by atoms with Crippen LogP contribution in [0.3, 0.4) is 0 Å². The number of anilines is 1. The summed E-state index contributed by atoms with van der Waals surface area (Å²) < 4.78 is 5.60. The number of aliphatic imine (C=N–C) groups is 1. The average molecular weight is 561 g/mol. The molecule has 9 nitrogen and oxygen atoms in total. The molecule has 1 aliphatic rings. The number of rotatable bonds is 8. The van der Waals surface area contributed by atoms with Gasteiger partial charge in [-0.2, -0.15) is 5.26 Å². The summed E-state index contributed by atoms with van der Waals surface area (Å²) >= 11 is 7.69. The van der Waals surface area contributed by atoms with Gasteiger partial charge in [0.05, 0.1) is 22.7 Å². The monoisotopic (exact) mass is 560 g/mol. The lowest BCUT2D eigenvalue weighted by Crippen LogP contribution is -2.29. The third-order valence-electron chi connectivity index (χ3n) is 5.65. The van der Waals surface area contributed by atoms with Crippen LogP contribution in [0, 0.1) is 11.3 Å². The van der Waals surface area contributed by atoms with Crippen LogP contribution in [0.1, 0.15) is 31.9 Å². The first-order valence-corrected chi connectivity index (χ1v) is 12.4. The number of halogens is 2. The molecule has 0 saturated heterocycles. The maximum atomic E-state index is 13.1. The zero-order chi connectivity index (χ0) is 25.7. The number of nitriles is 1. The Kier molecular flexibility index (Phi) is 9.60. The van der Waals surface area contributed by atoms with Gasteiger partial charge in [0.15, 0.2) is 5.96 Å². The summed E-state index contributed by atoms with van der Waals surface area (Å²) in [6.07, 6.45) is 0.711. The Balaban J connectivity index is 0.00000380. The average Bonchev–Trinajstić information content (AvgIpc) is 3.20. The van der Waals surface area contributed by atoms with Crippen LogP contribution in [-0.2, 0) is 19.5 Å². The van der Waals surface area contributed by atoms with Crippen LogP contribution in [-0.4, -0.2) is 41.6 Å². The lowest BCUT2D eigenvalue weighted by molar-refractivity contribution is 0.102. The molecule has 1 amide bonds. The number of nitrogens with one attached hydrogen (secondary N) is 1. The van der Waals surface area contributed by atoms with E-state index in [0.717, 1.165) is 29.1 Å². The van der Waals surface area contributed by atoms with Crippen molar-refractivity contribution in [1.82, 2.24) is 4.90 Å². The molecule has 3 aromatic rings. The van der Waals surface area contributed by atoms with Crippen molar-refractivity contribution >= 4 is 52.2 Å². The van der Waals surface area contributed by atoms with E-state index in [1.54, 1.807) is 30.3 Å². The molecule has 1 aromatic heterocycles. The summed E-state index contributed by atoms with van der Waals surface area (Å²) in [4.78, 5) is 20.3. The lowest BCUT2D eigenvalue weighted by Gasteiger charge is -2.26. The predicted octanol–water partition coefficient (Wildman–Crippen LogP) is 3.86. The number of carbonyl (C=O) groups excluding carboxylic acids is 1. The SMILES string of the molecule is Cl.N#Cc1c(NC(=O)c2cc(OCCN=C(N)N)ccc2Cl)sc2c1CCN(Cc1ccc(O)cc1)C2. The van der Waals surface area contributed by atoms with Crippen molar-refractivity contribution in [2.24, 2.45) is 16.5 Å². The quantitative estimate of drug-likeness (QED) is 0.185. The minimum Gasteiger partial charge on any atom is -0.508 e.